The fourth-order valence-electron chi connectivity index (χ4n) is 4.08. The Morgan fingerprint density at radius 2 is 1.78 bits per heavy atom. The standard InChI is InChI=1S/C26H22ClN3OS/c1-16-6-11-20(15-17(16)2)30-25(24(29-26(30)32)21-5-3-4-14-28-21)23-13-12-22(31-23)18-7-9-19(27)10-8-18/h3-15,24-25H,1-2H3,(H,29,32). The fourth-order valence-corrected chi connectivity index (χ4v) is 4.55. The minimum atomic E-state index is -0.180. The van der Waals surface area contributed by atoms with Gasteiger partial charge in [-0.1, -0.05) is 23.7 Å². The van der Waals surface area contributed by atoms with Crippen molar-refractivity contribution >= 4 is 34.6 Å². The zero-order valence-corrected chi connectivity index (χ0v) is 19.3. The van der Waals surface area contributed by atoms with E-state index in [4.69, 9.17) is 28.2 Å². The molecule has 2 aromatic carbocycles. The van der Waals surface area contributed by atoms with Crippen molar-refractivity contribution < 1.29 is 4.42 Å². The van der Waals surface area contributed by atoms with Crippen LogP contribution in [0.4, 0.5) is 5.69 Å². The number of furan rings is 1. The number of aryl methyl sites for hydroxylation is 2. The van der Waals surface area contributed by atoms with Crippen molar-refractivity contribution in [1.82, 2.24) is 10.3 Å². The Kier molecular flexibility index (Phi) is 5.45. The van der Waals surface area contributed by atoms with Crippen LogP contribution in [0.25, 0.3) is 11.3 Å². The topological polar surface area (TPSA) is 41.3 Å². The van der Waals surface area contributed by atoms with Crippen molar-refractivity contribution in [2.24, 2.45) is 0 Å². The van der Waals surface area contributed by atoms with Gasteiger partial charge in [-0.15, -0.1) is 0 Å². The number of halogens is 1. The Balaban J connectivity index is 1.60. The lowest BCUT2D eigenvalue weighted by Crippen LogP contribution is -2.29. The molecule has 1 fully saturated rings. The highest BCUT2D eigenvalue weighted by Gasteiger charge is 2.42. The molecule has 2 aromatic heterocycles. The molecule has 2 atom stereocenters. The third kappa shape index (κ3) is 3.78. The number of aromatic nitrogens is 1. The molecule has 2 unspecified atom stereocenters. The van der Waals surface area contributed by atoms with Crippen LogP contribution in [0.1, 0.15) is 34.7 Å². The lowest BCUT2D eigenvalue weighted by molar-refractivity contribution is 0.439. The van der Waals surface area contributed by atoms with Gasteiger partial charge < -0.3 is 14.6 Å². The molecule has 0 spiro atoms. The van der Waals surface area contributed by atoms with Crippen molar-refractivity contribution in [2.75, 3.05) is 4.90 Å². The number of nitrogens with zero attached hydrogens (tertiary/aromatic N) is 2. The van der Waals surface area contributed by atoms with Crippen LogP contribution in [0.2, 0.25) is 5.02 Å². The molecule has 1 aliphatic heterocycles. The third-order valence-corrected chi connectivity index (χ3v) is 6.48. The van der Waals surface area contributed by atoms with Gasteiger partial charge >= 0.3 is 0 Å². The third-order valence-electron chi connectivity index (χ3n) is 5.91. The first-order chi connectivity index (χ1) is 15.5. The minimum absolute atomic E-state index is 0.144. The number of hydrogen-bond acceptors (Lipinski definition) is 3. The van der Waals surface area contributed by atoms with Gasteiger partial charge in [-0.05, 0) is 97.9 Å². The molecular formula is C26H22ClN3OS. The first kappa shape index (κ1) is 20.7. The summed E-state index contributed by atoms with van der Waals surface area (Å²) in [5.74, 6) is 1.60. The summed E-state index contributed by atoms with van der Waals surface area (Å²) >= 11 is 11.9. The van der Waals surface area contributed by atoms with E-state index in [2.05, 4.69) is 47.2 Å². The highest BCUT2D eigenvalue weighted by molar-refractivity contribution is 7.80. The maximum atomic E-state index is 6.39. The number of thiocarbonyl (C=S) groups is 1. The molecule has 0 aliphatic carbocycles. The van der Waals surface area contributed by atoms with Crippen molar-refractivity contribution in [2.45, 2.75) is 25.9 Å². The summed E-state index contributed by atoms with van der Waals surface area (Å²) in [6, 6.07) is 23.7. The molecule has 4 nitrogen and oxygen atoms in total. The summed E-state index contributed by atoms with van der Waals surface area (Å²) in [7, 11) is 0. The summed E-state index contributed by atoms with van der Waals surface area (Å²) in [5, 5.41) is 4.82. The van der Waals surface area contributed by atoms with E-state index >= 15 is 0 Å². The van der Waals surface area contributed by atoms with Gasteiger partial charge in [0.15, 0.2) is 5.11 Å². The predicted octanol–water partition coefficient (Wildman–Crippen LogP) is 6.79. The second-order valence-electron chi connectivity index (χ2n) is 7.97. The van der Waals surface area contributed by atoms with Crippen molar-refractivity contribution in [1.29, 1.82) is 0 Å². The van der Waals surface area contributed by atoms with Gasteiger partial charge in [-0.2, -0.15) is 0 Å². The summed E-state index contributed by atoms with van der Waals surface area (Å²) in [5.41, 5.74) is 5.37. The van der Waals surface area contributed by atoms with Crippen LogP contribution in [0.15, 0.2) is 83.4 Å². The second kappa shape index (κ2) is 8.41. The maximum Gasteiger partial charge on any atom is 0.174 e. The summed E-state index contributed by atoms with van der Waals surface area (Å²) in [6.07, 6.45) is 1.80. The smallest absolute Gasteiger partial charge is 0.174 e. The van der Waals surface area contributed by atoms with Crippen LogP contribution in [-0.4, -0.2) is 10.1 Å². The van der Waals surface area contributed by atoms with Gasteiger partial charge in [0.25, 0.3) is 0 Å². The molecule has 5 rings (SSSR count). The number of anilines is 1. The zero-order chi connectivity index (χ0) is 22.2. The highest BCUT2D eigenvalue weighted by atomic mass is 35.5. The van der Waals surface area contributed by atoms with Crippen molar-refractivity contribution in [3.63, 3.8) is 0 Å². The number of benzene rings is 2. The molecule has 0 bridgehead atoms. The number of rotatable bonds is 4. The van der Waals surface area contributed by atoms with Gasteiger partial charge in [-0.25, -0.2) is 0 Å². The molecule has 6 heteroatoms. The lowest BCUT2D eigenvalue weighted by atomic mass is 10.0. The van der Waals surface area contributed by atoms with Gasteiger partial charge in [0, 0.05) is 22.5 Å². The molecule has 1 N–H and O–H groups in total. The average Bonchev–Trinajstić information content (AvgIpc) is 3.41. The summed E-state index contributed by atoms with van der Waals surface area (Å²) < 4.78 is 6.39. The van der Waals surface area contributed by atoms with Gasteiger partial charge in [0.2, 0.25) is 0 Å². The largest absolute Gasteiger partial charge is 0.459 e. The number of nitrogens with one attached hydrogen (secondary N) is 1. The van der Waals surface area contributed by atoms with Crippen LogP contribution in [0.5, 0.6) is 0 Å². The van der Waals surface area contributed by atoms with E-state index < -0.39 is 0 Å². The monoisotopic (exact) mass is 459 g/mol. The first-order valence-electron chi connectivity index (χ1n) is 10.4. The Labute approximate surface area is 197 Å². The average molecular weight is 460 g/mol. The molecule has 32 heavy (non-hydrogen) atoms. The minimum Gasteiger partial charge on any atom is -0.459 e. The SMILES string of the molecule is Cc1ccc(N2C(=S)NC(c3ccccn3)C2c2ccc(-c3ccc(Cl)cc3)o2)cc1C. The van der Waals surface area contributed by atoms with Crippen molar-refractivity contribution in [3.05, 3.63) is 107 Å². The Morgan fingerprint density at radius 3 is 2.50 bits per heavy atom. The lowest BCUT2D eigenvalue weighted by Gasteiger charge is -2.26. The normalized spacial score (nSPS) is 18.1. The predicted molar refractivity (Wildman–Crippen MR) is 133 cm³/mol. The molecule has 1 aliphatic rings. The van der Waals surface area contributed by atoms with E-state index in [0.717, 1.165) is 28.5 Å². The Morgan fingerprint density at radius 1 is 0.969 bits per heavy atom. The number of pyridine rings is 1. The molecule has 160 valence electrons. The fraction of sp³-hybridized carbons (Fsp3) is 0.154. The number of hydrogen-bond donors (Lipinski definition) is 1. The quantitative estimate of drug-likeness (QED) is 0.340. The van der Waals surface area contributed by atoms with Gasteiger partial charge in [0.1, 0.15) is 17.6 Å². The van der Waals surface area contributed by atoms with Gasteiger partial charge in [-0.3, -0.25) is 4.98 Å². The van der Waals surface area contributed by atoms with Crippen LogP contribution in [0, 0.1) is 13.8 Å². The van der Waals surface area contributed by atoms with E-state index in [1.54, 1.807) is 6.20 Å². The summed E-state index contributed by atoms with van der Waals surface area (Å²) in [4.78, 5) is 6.73. The van der Waals surface area contributed by atoms with E-state index in [0.29, 0.717) is 10.1 Å². The van der Waals surface area contributed by atoms with E-state index in [1.807, 2.05) is 54.6 Å². The Bertz CT molecular complexity index is 1270. The Hall–Kier alpha value is -3.15. The zero-order valence-electron chi connectivity index (χ0n) is 17.7. The molecule has 1 saturated heterocycles. The molecule has 0 radical (unpaired) electrons. The van der Waals surface area contributed by atoms with E-state index in [9.17, 15) is 0 Å². The molecular weight excluding hydrogens is 438 g/mol. The van der Waals surface area contributed by atoms with Crippen LogP contribution in [-0.2, 0) is 0 Å². The maximum absolute atomic E-state index is 6.39. The molecule has 4 aromatic rings. The van der Waals surface area contributed by atoms with Crippen LogP contribution < -0.4 is 10.2 Å². The molecule has 3 heterocycles. The second-order valence-corrected chi connectivity index (χ2v) is 8.80. The summed E-state index contributed by atoms with van der Waals surface area (Å²) in [6.45, 7) is 4.22. The van der Waals surface area contributed by atoms with Crippen LogP contribution in [0.3, 0.4) is 0 Å². The molecule has 0 saturated carbocycles. The molecule has 0 amide bonds. The van der Waals surface area contributed by atoms with Gasteiger partial charge in [0.05, 0.1) is 11.7 Å². The van der Waals surface area contributed by atoms with Crippen LogP contribution >= 0.6 is 23.8 Å². The van der Waals surface area contributed by atoms with Crippen molar-refractivity contribution in [3.8, 4) is 11.3 Å². The van der Waals surface area contributed by atoms with E-state index in [1.165, 1.54) is 11.1 Å². The first-order valence-corrected chi connectivity index (χ1v) is 11.2. The van der Waals surface area contributed by atoms with E-state index in [-0.39, 0.29) is 12.1 Å². The highest BCUT2D eigenvalue weighted by Crippen LogP contribution is 2.43.